The molecule has 0 aliphatic heterocycles. The number of aromatic nitrogens is 1. The fraction of sp³-hybridized carbons (Fsp3) is 0.294. The molecule has 1 aromatic carbocycles. The minimum absolute atomic E-state index is 0.00826. The molecule has 1 unspecified atom stereocenters. The third-order valence-electron chi connectivity index (χ3n) is 3.40. The number of amides is 1. The van der Waals surface area contributed by atoms with E-state index in [9.17, 15) is 9.59 Å². The van der Waals surface area contributed by atoms with Crippen molar-refractivity contribution in [2.24, 2.45) is 5.92 Å². The van der Waals surface area contributed by atoms with Gasteiger partial charge in [0.1, 0.15) is 6.54 Å². The molecule has 116 valence electrons. The van der Waals surface area contributed by atoms with E-state index in [1.165, 1.54) is 10.6 Å². The lowest BCUT2D eigenvalue weighted by atomic mass is 9.96. The highest BCUT2D eigenvalue weighted by molar-refractivity contribution is 9.10. The molecule has 2 aromatic rings. The summed E-state index contributed by atoms with van der Waals surface area (Å²) in [6.07, 6.45) is 1.62. The van der Waals surface area contributed by atoms with Crippen molar-refractivity contribution >= 4 is 21.8 Å². The summed E-state index contributed by atoms with van der Waals surface area (Å²) in [4.78, 5) is 24.0. The molecule has 4 nitrogen and oxygen atoms in total. The smallest absolute Gasteiger partial charge is 0.251 e. The number of halogens is 1. The molecule has 1 heterocycles. The summed E-state index contributed by atoms with van der Waals surface area (Å²) in [5.74, 6) is 0.0772. The van der Waals surface area contributed by atoms with Gasteiger partial charge >= 0.3 is 0 Å². The topological polar surface area (TPSA) is 51.1 Å². The van der Waals surface area contributed by atoms with E-state index in [1.807, 2.05) is 30.3 Å². The predicted octanol–water partition coefficient (Wildman–Crippen LogP) is 3.12. The highest BCUT2D eigenvalue weighted by Gasteiger charge is 2.18. The highest BCUT2D eigenvalue weighted by Crippen LogP contribution is 2.21. The van der Waals surface area contributed by atoms with Gasteiger partial charge in [-0.3, -0.25) is 9.59 Å². The molecule has 5 heteroatoms. The van der Waals surface area contributed by atoms with E-state index < -0.39 is 0 Å². The summed E-state index contributed by atoms with van der Waals surface area (Å²) in [5, 5.41) is 3.01. The van der Waals surface area contributed by atoms with E-state index in [2.05, 4.69) is 35.1 Å². The van der Waals surface area contributed by atoms with Crippen molar-refractivity contribution in [1.82, 2.24) is 9.88 Å². The number of benzene rings is 1. The van der Waals surface area contributed by atoms with Crippen LogP contribution in [0.4, 0.5) is 0 Å². The second kappa shape index (κ2) is 7.40. The van der Waals surface area contributed by atoms with Crippen LogP contribution in [-0.4, -0.2) is 10.5 Å². The Bertz CT molecular complexity index is 695. The first-order valence-electron chi connectivity index (χ1n) is 7.17. The van der Waals surface area contributed by atoms with E-state index in [0.717, 1.165) is 10.0 Å². The van der Waals surface area contributed by atoms with Gasteiger partial charge in [0.2, 0.25) is 5.91 Å². The van der Waals surface area contributed by atoms with E-state index in [4.69, 9.17) is 0 Å². The van der Waals surface area contributed by atoms with E-state index in [1.54, 1.807) is 12.3 Å². The van der Waals surface area contributed by atoms with E-state index in [0.29, 0.717) is 0 Å². The minimum Gasteiger partial charge on any atom is -0.347 e. The molecule has 0 aliphatic carbocycles. The van der Waals surface area contributed by atoms with Gasteiger partial charge < -0.3 is 9.88 Å². The van der Waals surface area contributed by atoms with Crippen LogP contribution < -0.4 is 10.9 Å². The van der Waals surface area contributed by atoms with Crippen molar-refractivity contribution in [2.75, 3.05) is 0 Å². The molecule has 1 N–H and O–H groups in total. The number of carbonyl (C=O) groups excluding carboxylic acids is 1. The summed E-state index contributed by atoms with van der Waals surface area (Å²) < 4.78 is 2.16. The summed E-state index contributed by atoms with van der Waals surface area (Å²) in [6, 6.07) is 12.9. The number of hydrogen-bond acceptors (Lipinski definition) is 2. The Kier molecular flexibility index (Phi) is 5.55. The van der Waals surface area contributed by atoms with Gasteiger partial charge in [0.15, 0.2) is 0 Å². The highest BCUT2D eigenvalue weighted by atomic mass is 79.9. The first-order chi connectivity index (χ1) is 10.5. The summed E-state index contributed by atoms with van der Waals surface area (Å²) in [6.45, 7) is 4.13. The van der Waals surface area contributed by atoms with Crippen LogP contribution in [0, 0.1) is 5.92 Å². The van der Waals surface area contributed by atoms with Crippen LogP contribution in [0.3, 0.4) is 0 Å². The van der Waals surface area contributed by atoms with Gasteiger partial charge in [-0.1, -0.05) is 44.2 Å². The number of rotatable bonds is 5. The Morgan fingerprint density at radius 3 is 2.50 bits per heavy atom. The fourth-order valence-electron chi connectivity index (χ4n) is 2.29. The third-order valence-corrected chi connectivity index (χ3v) is 3.87. The normalized spacial score (nSPS) is 12.2. The molecule has 0 saturated carbocycles. The molecule has 0 aliphatic rings. The lowest BCUT2D eigenvalue weighted by molar-refractivity contribution is -0.122. The Morgan fingerprint density at radius 2 is 1.86 bits per heavy atom. The number of carbonyl (C=O) groups is 1. The summed E-state index contributed by atoms with van der Waals surface area (Å²) >= 11 is 3.31. The molecule has 0 fully saturated rings. The Hall–Kier alpha value is -1.88. The average Bonchev–Trinajstić information content (AvgIpc) is 2.49. The second-order valence-corrected chi connectivity index (χ2v) is 6.43. The molecule has 1 amide bonds. The molecule has 0 saturated heterocycles. The number of hydrogen-bond donors (Lipinski definition) is 1. The van der Waals surface area contributed by atoms with Gasteiger partial charge in [0.25, 0.3) is 5.56 Å². The molecular formula is C17H19BrN2O2. The van der Waals surface area contributed by atoms with E-state index >= 15 is 0 Å². The average molecular weight is 363 g/mol. The zero-order valence-corrected chi connectivity index (χ0v) is 14.2. The van der Waals surface area contributed by atoms with Crippen LogP contribution in [0.1, 0.15) is 25.5 Å². The summed E-state index contributed by atoms with van der Waals surface area (Å²) in [7, 11) is 0. The van der Waals surface area contributed by atoms with Crippen LogP contribution in [0.2, 0.25) is 0 Å². The second-order valence-electron chi connectivity index (χ2n) is 5.51. The lowest BCUT2D eigenvalue weighted by Gasteiger charge is -2.23. The zero-order valence-electron chi connectivity index (χ0n) is 12.6. The molecule has 22 heavy (non-hydrogen) atoms. The largest absolute Gasteiger partial charge is 0.347 e. The lowest BCUT2D eigenvalue weighted by Crippen LogP contribution is -2.36. The van der Waals surface area contributed by atoms with Crippen molar-refractivity contribution in [2.45, 2.75) is 26.4 Å². The third kappa shape index (κ3) is 4.31. The maximum atomic E-state index is 12.3. The van der Waals surface area contributed by atoms with Crippen molar-refractivity contribution < 1.29 is 4.79 Å². The van der Waals surface area contributed by atoms with Gasteiger partial charge in [-0.25, -0.2) is 0 Å². The molecule has 2 rings (SSSR count). The van der Waals surface area contributed by atoms with E-state index in [-0.39, 0.29) is 30.0 Å². The SMILES string of the molecule is CC(C)C(NC(=O)Cn1cc(Br)ccc1=O)c1ccccc1. The van der Waals surface area contributed by atoms with Crippen LogP contribution in [0.5, 0.6) is 0 Å². The molecular weight excluding hydrogens is 344 g/mol. The first-order valence-corrected chi connectivity index (χ1v) is 7.97. The number of nitrogens with zero attached hydrogens (tertiary/aromatic N) is 1. The van der Waals surface area contributed by atoms with Crippen LogP contribution in [0.25, 0.3) is 0 Å². The predicted molar refractivity (Wildman–Crippen MR) is 90.6 cm³/mol. The fourth-order valence-corrected chi connectivity index (χ4v) is 2.67. The zero-order chi connectivity index (χ0) is 16.1. The number of nitrogens with one attached hydrogen (secondary N) is 1. The van der Waals surface area contributed by atoms with Crippen molar-refractivity contribution in [3.05, 3.63) is 69.1 Å². The maximum absolute atomic E-state index is 12.3. The van der Waals surface area contributed by atoms with Crippen LogP contribution in [0.15, 0.2) is 57.9 Å². The first kappa shape index (κ1) is 16.5. The Morgan fingerprint density at radius 1 is 1.18 bits per heavy atom. The summed E-state index contributed by atoms with van der Waals surface area (Å²) in [5.41, 5.74) is 0.867. The van der Waals surface area contributed by atoms with Gasteiger partial charge in [0, 0.05) is 16.7 Å². The minimum atomic E-state index is -0.195. The van der Waals surface area contributed by atoms with Crippen molar-refractivity contribution in [3.8, 4) is 0 Å². The van der Waals surface area contributed by atoms with Crippen LogP contribution in [-0.2, 0) is 11.3 Å². The standard InChI is InChI=1S/C17H19BrN2O2/c1-12(2)17(13-6-4-3-5-7-13)19-15(21)11-20-10-14(18)8-9-16(20)22/h3-10,12,17H,11H2,1-2H3,(H,19,21). The number of pyridine rings is 1. The molecule has 0 bridgehead atoms. The van der Waals surface area contributed by atoms with Gasteiger partial charge in [-0.2, -0.15) is 0 Å². The Balaban J connectivity index is 2.12. The molecule has 1 aromatic heterocycles. The Labute approximate surface area is 138 Å². The monoisotopic (exact) mass is 362 g/mol. The molecule has 0 radical (unpaired) electrons. The van der Waals surface area contributed by atoms with Gasteiger partial charge in [-0.05, 0) is 33.5 Å². The quantitative estimate of drug-likeness (QED) is 0.888. The molecule has 1 atom stereocenters. The van der Waals surface area contributed by atoms with Crippen LogP contribution >= 0.6 is 15.9 Å². The maximum Gasteiger partial charge on any atom is 0.251 e. The van der Waals surface area contributed by atoms with Gasteiger partial charge in [-0.15, -0.1) is 0 Å². The van der Waals surface area contributed by atoms with Gasteiger partial charge in [0.05, 0.1) is 6.04 Å². The van der Waals surface area contributed by atoms with Crippen molar-refractivity contribution in [3.63, 3.8) is 0 Å². The molecule has 0 spiro atoms. The van der Waals surface area contributed by atoms with Crippen molar-refractivity contribution in [1.29, 1.82) is 0 Å².